The van der Waals surface area contributed by atoms with Gasteiger partial charge in [0.2, 0.25) is 0 Å². The second-order valence-corrected chi connectivity index (χ2v) is 9.88. The molecule has 0 bridgehead atoms. The number of piperidine rings is 1. The molecule has 2 aromatic carbocycles. The number of nitrogens with zero attached hydrogens (tertiary/aromatic N) is 4. The molecule has 6 heteroatoms. The monoisotopic (exact) mass is 476 g/mol. The van der Waals surface area contributed by atoms with Crippen molar-refractivity contribution in [2.45, 2.75) is 45.3 Å². The lowest BCUT2D eigenvalue weighted by Gasteiger charge is -2.40. The average molecular weight is 477 g/mol. The van der Waals surface area contributed by atoms with Crippen molar-refractivity contribution in [2.24, 2.45) is 13.0 Å². The maximum Gasteiger partial charge on any atom is 0.127 e. The minimum atomic E-state index is 0.495. The second-order valence-electron chi connectivity index (χ2n) is 9.88. The van der Waals surface area contributed by atoms with E-state index < -0.39 is 0 Å². The standard InChI is InChI=1S/C29H40N4O2/c1-22-26(20-32(3)30-22)19-31(2)28(17-23-9-7-6-8-10-23)24-13-15-33(16-14-24)21-25-11-12-27(34-4)18-29(25)35-5/h6-12,18,20,24,28H,13-17,19,21H2,1-5H3. The fourth-order valence-corrected chi connectivity index (χ4v) is 5.45. The summed E-state index contributed by atoms with van der Waals surface area (Å²) < 4.78 is 12.9. The molecule has 6 nitrogen and oxygen atoms in total. The number of likely N-dealkylation sites (tertiary alicyclic amines) is 1. The van der Waals surface area contributed by atoms with Crippen molar-refractivity contribution in [3.63, 3.8) is 0 Å². The molecule has 0 N–H and O–H groups in total. The largest absolute Gasteiger partial charge is 0.497 e. The van der Waals surface area contributed by atoms with Crippen LogP contribution in [0.4, 0.5) is 0 Å². The van der Waals surface area contributed by atoms with Gasteiger partial charge in [0.05, 0.1) is 19.9 Å². The van der Waals surface area contributed by atoms with E-state index in [1.165, 1.54) is 29.5 Å². The number of ether oxygens (including phenoxy) is 2. The smallest absolute Gasteiger partial charge is 0.127 e. The summed E-state index contributed by atoms with van der Waals surface area (Å²) in [7, 11) is 7.72. The Kier molecular flexibility index (Phi) is 8.47. The zero-order valence-electron chi connectivity index (χ0n) is 21.9. The second kappa shape index (κ2) is 11.7. The Morgan fingerprint density at radius 3 is 2.40 bits per heavy atom. The topological polar surface area (TPSA) is 42.8 Å². The van der Waals surface area contributed by atoms with Crippen LogP contribution in [0.25, 0.3) is 0 Å². The zero-order chi connectivity index (χ0) is 24.8. The number of rotatable bonds is 10. The first-order valence-corrected chi connectivity index (χ1v) is 12.6. The fraction of sp³-hybridized carbons (Fsp3) is 0.483. The van der Waals surface area contributed by atoms with Crippen LogP contribution in [0.5, 0.6) is 11.5 Å². The molecule has 4 rings (SSSR count). The Labute approximate surface area is 210 Å². The van der Waals surface area contributed by atoms with Gasteiger partial charge >= 0.3 is 0 Å². The predicted molar refractivity (Wildman–Crippen MR) is 141 cm³/mol. The van der Waals surface area contributed by atoms with Crippen LogP contribution < -0.4 is 9.47 Å². The quantitative estimate of drug-likeness (QED) is 0.424. The van der Waals surface area contributed by atoms with Crippen molar-refractivity contribution < 1.29 is 9.47 Å². The zero-order valence-corrected chi connectivity index (χ0v) is 21.9. The van der Waals surface area contributed by atoms with Crippen molar-refractivity contribution in [3.8, 4) is 11.5 Å². The molecule has 0 saturated carbocycles. The van der Waals surface area contributed by atoms with E-state index in [1.807, 2.05) is 23.9 Å². The molecule has 1 atom stereocenters. The third-order valence-corrected chi connectivity index (χ3v) is 7.45. The maximum absolute atomic E-state index is 5.63. The maximum atomic E-state index is 5.63. The summed E-state index contributed by atoms with van der Waals surface area (Å²) in [5.74, 6) is 2.39. The molecule has 1 aliphatic rings. The lowest BCUT2D eigenvalue weighted by Crippen LogP contribution is -2.45. The van der Waals surface area contributed by atoms with E-state index in [0.29, 0.717) is 12.0 Å². The average Bonchev–Trinajstić information content (AvgIpc) is 3.20. The molecule has 0 aliphatic carbocycles. The van der Waals surface area contributed by atoms with Crippen LogP contribution in [0.15, 0.2) is 54.7 Å². The third kappa shape index (κ3) is 6.44. The van der Waals surface area contributed by atoms with E-state index in [0.717, 1.165) is 49.8 Å². The highest BCUT2D eigenvalue weighted by Gasteiger charge is 2.30. The minimum Gasteiger partial charge on any atom is -0.497 e. The highest BCUT2D eigenvalue weighted by molar-refractivity contribution is 5.40. The molecule has 3 aromatic rings. The molecule has 0 radical (unpaired) electrons. The summed E-state index contributed by atoms with van der Waals surface area (Å²) in [5, 5.41) is 4.56. The van der Waals surface area contributed by atoms with Gasteiger partial charge in [0.15, 0.2) is 0 Å². The van der Waals surface area contributed by atoms with E-state index in [9.17, 15) is 0 Å². The lowest BCUT2D eigenvalue weighted by atomic mass is 9.84. The molecule has 2 heterocycles. The minimum absolute atomic E-state index is 0.495. The summed E-state index contributed by atoms with van der Waals surface area (Å²) in [4.78, 5) is 5.12. The number of hydrogen-bond donors (Lipinski definition) is 0. The van der Waals surface area contributed by atoms with Crippen LogP contribution in [-0.4, -0.2) is 60.0 Å². The Hall–Kier alpha value is -2.83. The normalized spacial score (nSPS) is 15.9. The van der Waals surface area contributed by atoms with E-state index in [-0.39, 0.29) is 0 Å². The van der Waals surface area contributed by atoms with Gasteiger partial charge in [-0.1, -0.05) is 36.4 Å². The van der Waals surface area contributed by atoms with Gasteiger partial charge in [0.25, 0.3) is 0 Å². The van der Waals surface area contributed by atoms with Crippen molar-refractivity contribution in [3.05, 3.63) is 77.1 Å². The first-order valence-electron chi connectivity index (χ1n) is 12.6. The summed E-state index contributed by atoms with van der Waals surface area (Å²) in [6, 6.07) is 17.6. The molecule has 1 fully saturated rings. The molecule has 188 valence electrons. The molecule has 1 aliphatic heterocycles. The van der Waals surface area contributed by atoms with E-state index >= 15 is 0 Å². The first kappa shape index (κ1) is 25.3. The van der Waals surface area contributed by atoms with Crippen molar-refractivity contribution in [2.75, 3.05) is 34.4 Å². The van der Waals surface area contributed by atoms with Crippen LogP contribution in [0, 0.1) is 12.8 Å². The van der Waals surface area contributed by atoms with Crippen LogP contribution in [0.3, 0.4) is 0 Å². The molecule has 1 aromatic heterocycles. The van der Waals surface area contributed by atoms with Gasteiger partial charge in [-0.15, -0.1) is 0 Å². The van der Waals surface area contributed by atoms with Crippen LogP contribution >= 0.6 is 0 Å². The number of aryl methyl sites for hydroxylation is 2. The summed E-state index contributed by atoms with van der Waals surface area (Å²) in [6.45, 7) is 6.16. The molecule has 1 unspecified atom stereocenters. The molecule has 35 heavy (non-hydrogen) atoms. The molecule has 1 saturated heterocycles. The number of likely N-dealkylation sites (N-methyl/N-ethyl adjacent to an activating group) is 1. The van der Waals surface area contributed by atoms with Gasteiger partial charge in [0.1, 0.15) is 11.5 Å². The van der Waals surface area contributed by atoms with Gasteiger partial charge in [-0.3, -0.25) is 14.5 Å². The SMILES string of the molecule is COc1ccc(CN2CCC(C(Cc3ccccc3)N(C)Cc3cn(C)nc3C)CC2)c(OC)c1. The van der Waals surface area contributed by atoms with Crippen LogP contribution in [0.1, 0.15) is 35.2 Å². The van der Waals surface area contributed by atoms with Crippen molar-refractivity contribution in [1.82, 2.24) is 19.6 Å². The number of hydrogen-bond acceptors (Lipinski definition) is 5. The first-order chi connectivity index (χ1) is 17.0. The van der Waals surface area contributed by atoms with E-state index in [1.54, 1.807) is 14.2 Å². The van der Waals surface area contributed by atoms with Crippen molar-refractivity contribution >= 4 is 0 Å². The Morgan fingerprint density at radius 1 is 1.03 bits per heavy atom. The fourth-order valence-electron chi connectivity index (χ4n) is 5.45. The lowest BCUT2D eigenvalue weighted by molar-refractivity contribution is 0.0949. The molecule has 0 spiro atoms. The van der Waals surface area contributed by atoms with Gasteiger partial charge in [-0.2, -0.15) is 5.10 Å². The molecular formula is C29H40N4O2. The number of methoxy groups -OCH3 is 2. The van der Waals surface area contributed by atoms with Crippen LogP contribution in [0.2, 0.25) is 0 Å². The van der Waals surface area contributed by atoms with Gasteiger partial charge in [0, 0.05) is 49.6 Å². The number of aromatic nitrogens is 2. The summed E-state index contributed by atoms with van der Waals surface area (Å²) >= 11 is 0. The van der Waals surface area contributed by atoms with E-state index in [4.69, 9.17) is 9.47 Å². The van der Waals surface area contributed by atoms with Gasteiger partial charge in [-0.05, 0) is 63.9 Å². The molecular weight excluding hydrogens is 436 g/mol. The third-order valence-electron chi connectivity index (χ3n) is 7.45. The highest BCUT2D eigenvalue weighted by atomic mass is 16.5. The Balaban J connectivity index is 1.43. The summed E-state index contributed by atoms with van der Waals surface area (Å²) in [6.07, 6.45) is 5.64. The molecule has 0 amide bonds. The Bertz CT molecular complexity index is 1070. The predicted octanol–water partition coefficient (Wildman–Crippen LogP) is 4.70. The van der Waals surface area contributed by atoms with Crippen molar-refractivity contribution in [1.29, 1.82) is 0 Å². The Morgan fingerprint density at radius 2 is 1.77 bits per heavy atom. The van der Waals surface area contributed by atoms with Gasteiger partial charge in [-0.25, -0.2) is 0 Å². The summed E-state index contributed by atoms with van der Waals surface area (Å²) in [5.41, 5.74) is 5.08. The highest BCUT2D eigenvalue weighted by Crippen LogP contribution is 2.30. The van der Waals surface area contributed by atoms with E-state index in [2.05, 4.69) is 71.5 Å². The number of benzene rings is 2. The van der Waals surface area contributed by atoms with Gasteiger partial charge < -0.3 is 9.47 Å². The van der Waals surface area contributed by atoms with Crippen LogP contribution in [-0.2, 0) is 26.6 Å².